The van der Waals surface area contributed by atoms with Crippen LogP contribution in [0, 0.1) is 0 Å². The summed E-state index contributed by atoms with van der Waals surface area (Å²) in [6.07, 6.45) is 2.57. The highest BCUT2D eigenvalue weighted by molar-refractivity contribution is 5.38. The minimum atomic E-state index is 0.0609. The van der Waals surface area contributed by atoms with Gasteiger partial charge >= 0.3 is 0 Å². The molecule has 2 N–H and O–H groups in total. The Morgan fingerprint density at radius 3 is 2.81 bits per heavy atom. The lowest BCUT2D eigenvalue weighted by atomic mass is 10.0. The second-order valence-corrected chi connectivity index (χ2v) is 6.39. The van der Waals surface area contributed by atoms with Crippen molar-refractivity contribution in [2.24, 2.45) is 5.73 Å². The maximum Gasteiger partial charge on any atom is 0.123 e. The van der Waals surface area contributed by atoms with Crippen LogP contribution >= 0.6 is 0 Å². The summed E-state index contributed by atoms with van der Waals surface area (Å²) in [5.41, 5.74) is 8.44. The summed E-state index contributed by atoms with van der Waals surface area (Å²) in [6.45, 7) is 5.26. The maximum atomic E-state index is 6.01. The van der Waals surface area contributed by atoms with Crippen molar-refractivity contribution in [1.29, 1.82) is 0 Å². The van der Waals surface area contributed by atoms with E-state index in [9.17, 15) is 0 Å². The van der Waals surface area contributed by atoms with Gasteiger partial charge in [0.05, 0.1) is 7.11 Å². The van der Waals surface area contributed by atoms with Gasteiger partial charge in [-0.25, -0.2) is 0 Å². The summed E-state index contributed by atoms with van der Waals surface area (Å²) in [6, 6.07) is 7.02. The van der Waals surface area contributed by atoms with Gasteiger partial charge in [0.25, 0.3) is 0 Å². The summed E-state index contributed by atoms with van der Waals surface area (Å²) >= 11 is 0. The zero-order valence-corrected chi connectivity index (χ0v) is 13.8. The van der Waals surface area contributed by atoms with Crippen LogP contribution in [0.15, 0.2) is 18.2 Å². The molecule has 1 heterocycles. The number of nitrogens with two attached hydrogens (primary N) is 1. The number of hydrogen-bond donors (Lipinski definition) is 1. The first-order chi connectivity index (χ1) is 10.0. The molecule has 2 atom stereocenters. The van der Waals surface area contributed by atoms with Crippen molar-refractivity contribution in [2.45, 2.75) is 38.4 Å². The smallest absolute Gasteiger partial charge is 0.123 e. The third-order valence-corrected chi connectivity index (χ3v) is 4.28. The van der Waals surface area contributed by atoms with Crippen molar-refractivity contribution in [3.8, 4) is 5.75 Å². The predicted molar refractivity (Wildman–Crippen MR) is 87.6 cm³/mol. The zero-order chi connectivity index (χ0) is 15.4. The molecule has 21 heavy (non-hydrogen) atoms. The molecule has 4 nitrogen and oxygen atoms in total. The number of benzene rings is 1. The molecule has 1 aliphatic heterocycles. The number of ether oxygens (including phenoxy) is 1. The average Bonchev–Trinajstić information content (AvgIpc) is 2.85. The standard InChI is InChI=1S/C17H29N3O/c1-13(18)14-7-8-17(21-4)15(10-14)11-20-9-5-6-16(20)12-19(2)3/h7-8,10,13,16H,5-6,9,11-12,18H2,1-4H3. The molecule has 1 saturated heterocycles. The van der Waals surface area contributed by atoms with Gasteiger partial charge in [0.2, 0.25) is 0 Å². The average molecular weight is 291 g/mol. The largest absolute Gasteiger partial charge is 0.496 e. The topological polar surface area (TPSA) is 41.7 Å². The summed E-state index contributed by atoms with van der Waals surface area (Å²) in [7, 11) is 6.04. The highest BCUT2D eigenvalue weighted by atomic mass is 16.5. The first-order valence-corrected chi connectivity index (χ1v) is 7.82. The van der Waals surface area contributed by atoms with E-state index in [1.165, 1.54) is 30.5 Å². The van der Waals surface area contributed by atoms with Crippen LogP contribution in [0.25, 0.3) is 0 Å². The van der Waals surface area contributed by atoms with Gasteiger partial charge in [-0.05, 0) is 58.1 Å². The van der Waals surface area contributed by atoms with Gasteiger partial charge in [0.15, 0.2) is 0 Å². The lowest BCUT2D eigenvalue weighted by molar-refractivity contribution is 0.199. The van der Waals surface area contributed by atoms with Crippen LogP contribution in [0.1, 0.15) is 36.9 Å². The molecule has 1 aromatic carbocycles. The van der Waals surface area contributed by atoms with E-state index in [0.717, 1.165) is 18.8 Å². The molecule has 0 bridgehead atoms. The van der Waals surface area contributed by atoms with Crippen LogP contribution in [0.5, 0.6) is 5.75 Å². The van der Waals surface area contributed by atoms with Crippen molar-refractivity contribution in [3.63, 3.8) is 0 Å². The van der Waals surface area contributed by atoms with Crippen LogP contribution in [0.4, 0.5) is 0 Å². The number of nitrogens with zero attached hydrogens (tertiary/aromatic N) is 2. The molecule has 1 aromatic rings. The van der Waals surface area contributed by atoms with Gasteiger partial charge < -0.3 is 15.4 Å². The summed E-state index contributed by atoms with van der Waals surface area (Å²) in [4.78, 5) is 4.85. The Hall–Kier alpha value is -1.10. The van der Waals surface area contributed by atoms with Crippen molar-refractivity contribution in [1.82, 2.24) is 9.80 Å². The molecule has 2 rings (SSSR count). The second-order valence-electron chi connectivity index (χ2n) is 6.39. The fraction of sp³-hybridized carbons (Fsp3) is 0.647. The third-order valence-electron chi connectivity index (χ3n) is 4.28. The monoisotopic (exact) mass is 291 g/mol. The molecule has 0 saturated carbocycles. The lowest BCUT2D eigenvalue weighted by Gasteiger charge is -2.28. The van der Waals surface area contributed by atoms with Crippen LogP contribution in [0.3, 0.4) is 0 Å². The highest BCUT2D eigenvalue weighted by Gasteiger charge is 2.25. The Bertz CT molecular complexity index is 459. The highest BCUT2D eigenvalue weighted by Crippen LogP contribution is 2.27. The Balaban J connectivity index is 2.15. The Morgan fingerprint density at radius 2 is 2.19 bits per heavy atom. The Morgan fingerprint density at radius 1 is 1.43 bits per heavy atom. The molecule has 0 radical (unpaired) electrons. The van der Waals surface area contributed by atoms with E-state index >= 15 is 0 Å². The summed E-state index contributed by atoms with van der Waals surface area (Å²) < 4.78 is 5.53. The Kier molecular flexibility index (Phi) is 5.62. The number of likely N-dealkylation sites (N-methyl/N-ethyl adjacent to an activating group) is 1. The van der Waals surface area contributed by atoms with Gasteiger partial charge in [-0.1, -0.05) is 6.07 Å². The van der Waals surface area contributed by atoms with Gasteiger partial charge in [-0.2, -0.15) is 0 Å². The van der Waals surface area contributed by atoms with Crippen LogP contribution in [-0.2, 0) is 6.54 Å². The minimum absolute atomic E-state index is 0.0609. The minimum Gasteiger partial charge on any atom is -0.496 e. The van der Waals surface area contributed by atoms with E-state index in [2.05, 4.69) is 36.0 Å². The van der Waals surface area contributed by atoms with Crippen molar-refractivity contribution < 1.29 is 4.74 Å². The van der Waals surface area contributed by atoms with Crippen molar-refractivity contribution in [3.05, 3.63) is 29.3 Å². The number of rotatable bonds is 6. The Labute approximate surface area is 128 Å². The van der Waals surface area contributed by atoms with Crippen LogP contribution < -0.4 is 10.5 Å². The van der Waals surface area contributed by atoms with Gasteiger partial charge in [0.1, 0.15) is 5.75 Å². The normalized spacial score (nSPS) is 21.0. The van der Waals surface area contributed by atoms with Gasteiger partial charge in [-0.3, -0.25) is 4.90 Å². The third kappa shape index (κ3) is 4.19. The molecule has 2 unspecified atom stereocenters. The van der Waals surface area contributed by atoms with Crippen LogP contribution in [-0.4, -0.2) is 50.1 Å². The van der Waals surface area contributed by atoms with Crippen LogP contribution in [0.2, 0.25) is 0 Å². The van der Waals surface area contributed by atoms with E-state index < -0.39 is 0 Å². The zero-order valence-electron chi connectivity index (χ0n) is 13.8. The van der Waals surface area contributed by atoms with E-state index in [1.807, 2.05) is 13.0 Å². The fourth-order valence-electron chi connectivity index (χ4n) is 3.16. The molecule has 1 fully saturated rings. The van der Waals surface area contributed by atoms with E-state index in [0.29, 0.717) is 6.04 Å². The molecular formula is C17H29N3O. The second kappa shape index (κ2) is 7.25. The molecule has 4 heteroatoms. The SMILES string of the molecule is COc1ccc(C(C)N)cc1CN1CCCC1CN(C)C. The van der Waals surface area contributed by atoms with Crippen molar-refractivity contribution in [2.75, 3.05) is 34.3 Å². The molecular weight excluding hydrogens is 262 g/mol. The maximum absolute atomic E-state index is 6.01. The van der Waals surface area contributed by atoms with Gasteiger partial charge in [-0.15, -0.1) is 0 Å². The molecule has 0 aromatic heterocycles. The predicted octanol–water partition coefficient (Wildman–Crippen LogP) is 2.24. The lowest BCUT2D eigenvalue weighted by Crippen LogP contribution is -2.37. The molecule has 1 aliphatic rings. The van der Waals surface area contributed by atoms with Gasteiger partial charge in [0, 0.05) is 30.7 Å². The first kappa shape index (κ1) is 16.3. The quantitative estimate of drug-likeness (QED) is 0.873. The van der Waals surface area contributed by atoms with E-state index in [4.69, 9.17) is 10.5 Å². The van der Waals surface area contributed by atoms with E-state index in [1.54, 1.807) is 7.11 Å². The van der Waals surface area contributed by atoms with E-state index in [-0.39, 0.29) is 6.04 Å². The fourth-order valence-corrected chi connectivity index (χ4v) is 3.16. The number of likely N-dealkylation sites (tertiary alicyclic amines) is 1. The molecule has 0 spiro atoms. The summed E-state index contributed by atoms with van der Waals surface area (Å²) in [5.74, 6) is 0.968. The number of hydrogen-bond acceptors (Lipinski definition) is 4. The van der Waals surface area contributed by atoms with Crippen molar-refractivity contribution >= 4 is 0 Å². The molecule has 0 amide bonds. The number of methoxy groups -OCH3 is 1. The molecule has 118 valence electrons. The first-order valence-electron chi connectivity index (χ1n) is 7.82. The molecule has 0 aliphatic carbocycles. The summed E-state index contributed by atoms with van der Waals surface area (Å²) in [5, 5.41) is 0.